The van der Waals surface area contributed by atoms with Gasteiger partial charge >= 0.3 is 0 Å². The number of carbonyl (C=O) groups excluding carboxylic acids is 1. The average molecular weight is 276 g/mol. The Bertz CT molecular complexity index is 641. The molecule has 0 aliphatic heterocycles. The van der Waals surface area contributed by atoms with Crippen LogP contribution in [0.4, 0.5) is 5.82 Å². The number of nitrogens with zero attached hydrogens (tertiary/aromatic N) is 2. The van der Waals surface area contributed by atoms with Crippen LogP contribution in [0, 0.1) is 12.8 Å². The average Bonchev–Trinajstić information content (AvgIpc) is 3.18. The standard InChI is InChI=1S/C14H14ClN3O/c1-8-12(9-4-6-11(15)7-5-9)13(16)18(17-8)14(19)10-2-3-10/h4-7,10H,2-3,16H2,1H3. The van der Waals surface area contributed by atoms with Gasteiger partial charge in [0.15, 0.2) is 0 Å². The molecule has 0 saturated heterocycles. The summed E-state index contributed by atoms with van der Waals surface area (Å²) in [6.07, 6.45) is 1.88. The van der Waals surface area contributed by atoms with Crippen LogP contribution in [-0.4, -0.2) is 15.7 Å². The molecule has 19 heavy (non-hydrogen) atoms. The van der Waals surface area contributed by atoms with Gasteiger partial charge in [0.1, 0.15) is 5.82 Å². The van der Waals surface area contributed by atoms with E-state index in [1.165, 1.54) is 4.68 Å². The molecule has 1 saturated carbocycles. The highest BCUT2D eigenvalue weighted by molar-refractivity contribution is 6.30. The summed E-state index contributed by atoms with van der Waals surface area (Å²) in [7, 11) is 0. The summed E-state index contributed by atoms with van der Waals surface area (Å²) in [5, 5.41) is 4.95. The van der Waals surface area contributed by atoms with Crippen LogP contribution in [0.1, 0.15) is 23.3 Å². The van der Waals surface area contributed by atoms with Crippen molar-refractivity contribution in [2.45, 2.75) is 19.8 Å². The van der Waals surface area contributed by atoms with E-state index in [1.54, 1.807) is 12.1 Å². The topological polar surface area (TPSA) is 60.9 Å². The van der Waals surface area contributed by atoms with E-state index < -0.39 is 0 Å². The number of halogens is 1. The van der Waals surface area contributed by atoms with Crippen molar-refractivity contribution in [1.29, 1.82) is 0 Å². The fourth-order valence-corrected chi connectivity index (χ4v) is 2.32. The molecule has 0 bridgehead atoms. The molecule has 0 amide bonds. The Labute approximate surface area is 116 Å². The van der Waals surface area contributed by atoms with Gasteiger partial charge in [-0.1, -0.05) is 23.7 Å². The van der Waals surface area contributed by atoms with Crippen LogP contribution in [-0.2, 0) is 0 Å². The molecule has 98 valence electrons. The molecule has 1 fully saturated rings. The lowest BCUT2D eigenvalue weighted by Crippen LogP contribution is -2.16. The second-order valence-corrected chi connectivity index (χ2v) is 5.31. The van der Waals surface area contributed by atoms with Gasteiger partial charge in [-0.3, -0.25) is 4.79 Å². The van der Waals surface area contributed by atoms with E-state index in [-0.39, 0.29) is 11.8 Å². The molecular formula is C14H14ClN3O. The lowest BCUT2D eigenvalue weighted by Gasteiger charge is -2.03. The Morgan fingerprint density at radius 1 is 1.37 bits per heavy atom. The minimum absolute atomic E-state index is 0.000753. The maximum absolute atomic E-state index is 12.1. The SMILES string of the molecule is Cc1nn(C(=O)C2CC2)c(N)c1-c1ccc(Cl)cc1. The van der Waals surface area contributed by atoms with E-state index in [1.807, 2.05) is 19.1 Å². The first-order chi connectivity index (χ1) is 9.08. The van der Waals surface area contributed by atoms with Gasteiger partial charge in [0.25, 0.3) is 5.91 Å². The van der Waals surface area contributed by atoms with Gasteiger partial charge in [-0.15, -0.1) is 0 Å². The van der Waals surface area contributed by atoms with Crippen LogP contribution in [0.15, 0.2) is 24.3 Å². The summed E-state index contributed by atoms with van der Waals surface area (Å²) < 4.78 is 1.34. The molecule has 1 aromatic carbocycles. The van der Waals surface area contributed by atoms with Gasteiger partial charge in [-0.25, -0.2) is 0 Å². The van der Waals surface area contributed by atoms with Gasteiger partial charge in [0, 0.05) is 16.5 Å². The molecule has 1 aromatic heterocycles. The van der Waals surface area contributed by atoms with Crippen LogP contribution in [0.5, 0.6) is 0 Å². The largest absolute Gasteiger partial charge is 0.383 e. The molecule has 1 aliphatic rings. The Kier molecular flexibility index (Phi) is 2.82. The van der Waals surface area contributed by atoms with Crippen LogP contribution in [0.25, 0.3) is 11.1 Å². The Hall–Kier alpha value is -1.81. The Morgan fingerprint density at radius 3 is 2.58 bits per heavy atom. The molecule has 2 N–H and O–H groups in total. The van der Waals surface area contributed by atoms with Gasteiger partial charge in [-0.2, -0.15) is 9.78 Å². The summed E-state index contributed by atoms with van der Waals surface area (Å²) in [5.74, 6) is 0.511. The molecule has 0 unspecified atom stereocenters. The zero-order valence-electron chi connectivity index (χ0n) is 10.6. The molecular weight excluding hydrogens is 262 g/mol. The third kappa shape index (κ3) is 2.12. The lowest BCUT2D eigenvalue weighted by atomic mass is 10.1. The first-order valence-electron chi connectivity index (χ1n) is 6.23. The molecule has 0 atom stereocenters. The number of benzene rings is 1. The fraction of sp³-hybridized carbons (Fsp3) is 0.286. The van der Waals surface area contributed by atoms with Crippen molar-refractivity contribution in [1.82, 2.24) is 9.78 Å². The van der Waals surface area contributed by atoms with E-state index in [0.29, 0.717) is 10.8 Å². The molecule has 0 spiro atoms. The predicted molar refractivity (Wildman–Crippen MR) is 75.2 cm³/mol. The minimum Gasteiger partial charge on any atom is -0.383 e. The van der Waals surface area contributed by atoms with Crippen molar-refractivity contribution in [3.8, 4) is 11.1 Å². The zero-order valence-corrected chi connectivity index (χ0v) is 11.3. The van der Waals surface area contributed by atoms with Crippen molar-refractivity contribution >= 4 is 23.3 Å². The first kappa shape index (κ1) is 12.2. The molecule has 5 heteroatoms. The quantitative estimate of drug-likeness (QED) is 0.916. The zero-order chi connectivity index (χ0) is 13.6. The summed E-state index contributed by atoms with van der Waals surface area (Å²) in [5.41, 5.74) is 8.58. The van der Waals surface area contributed by atoms with Gasteiger partial charge in [0.2, 0.25) is 0 Å². The monoisotopic (exact) mass is 275 g/mol. The van der Waals surface area contributed by atoms with Crippen molar-refractivity contribution in [3.05, 3.63) is 35.0 Å². The highest BCUT2D eigenvalue weighted by Gasteiger charge is 2.33. The van der Waals surface area contributed by atoms with E-state index in [9.17, 15) is 4.79 Å². The number of nitrogens with two attached hydrogens (primary N) is 1. The third-order valence-electron chi connectivity index (χ3n) is 3.36. The molecule has 4 nitrogen and oxygen atoms in total. The molecule has 1 heterocycles. The maximum atomic E-state index is 12.1. The van der Waals surface area contributed by atoms with Gasteiger partial charge in [-0.05, 0) is 37.5 Å². The van der Waals surface area contributed by atoms with E-state index in [4.69, 9.17) is 17.3 Å². The smallest absolute Gasteiger partial charge is 0.251 e. The van der Waals surface area contributed by atoms with Crippen molar-refractivity contribution in [2.24, 2.45) is 5.92 Å². The number of nitrogen functional groups attached to an aromatic ring is 1. The van der Waals surface area contributed by atoms with E-state index in [2.05, 4.69) is 5.10 Å². The van der Waals surface area contributed by atoms with Crippen molar-refractivity contribution < 1.29 is 4.79 Å². The number of aromatic nitrogens is 2. The predicted octanol–water partition coefficient (Wildman–Crippen LogP) is 3.14. The number of anilines is 1. The number of rotatable bonds is 2. The van der Waals surface area contributed by atoms with Crippen LogP contribution in [0.2, 0.25) is 5.02 Å². The molecule has 2 aromatic rings. The van der Waals surface area contributed by atoms with E-state index >= 15 is 0 Å². The van der Waals surface area contributed by atoms with Crippen molar-refractivity contribution in [3.63, 3.8) is 0 Å². The minimum atomic E-state index is 0.000753. The summed E-state index contributed by atoms with van der Waals surface area (Å²) >= 11 is 5.88. The molecule has 3 rings (SSSR count). The van der Waals surface area contributed by atoms with Crippen LogP contribution in [0.3, 0.4) is 0 Å². The fourth-order valence-electron chi connectivity index (χ4n) is 2.19. The maximum Gasteiger partial charge on any atom is 0.251 e. The first-order valence-corrected chi connectivity index (χ1v) is 6.61. The van der Waals surface area contributed by atoms with Gasteiger partial charge in [0.05, 0.1) is 5.69 Å². The molecule has 1 aliphatic carbocycles. The lowest BCUT2D eigenvalue weighted by molar-refractivity contribution is 0.0872. The normalized spacial score (nSPS) is 14.6. The molecule has 0 radical (unpaired) electrons. The summed E-state index contributed by atoms with van der Waals surface area (Å²) in [4.78, 5) is 12.1. The second kappa shape index (κ2) is 4.38. The Balaban J connectivity index is 2.06. The van der Waals surface area contributed by atoms with E-state index in [0.717, 1.165) is 29.7 Å². The number of carbonyl (C=O) groups is 1. The second-order valence-electron chi connectivity index (χ2n) is 4.88. The van der Waals surface area contributed by atoms with Crippen LogP contribution < -0.4 is 5.73 Å². The third-order valence-corrected chi connectivity index (χ3v) is 3.62. The Morgan fingerprint density at radius 2 is 2.00 bits per heavy atom. The van der Waals surface area contributed by atoms with Gasteiger partial charge < -0.3 is 5.73 Å². The number of hydrogen-bond donors (Lipinski definition) is 1. The summed E-state index contributed by atoms with van der Waals surface area (Å²) in [6, 6.07) is 7.37. The highest BCUT2D eigenvalue weighted by atomic mass is 35.5. The highest BCUT2D eigenvalue weighted by Crippen LogP contribution is 2.35. The summed E-state index contributed by atoms with van der Waals surface area (Å²) in [6.45, 7) is 1.86. The van der Waals surface area contributed by atoms with Crippen molar-refractivity contribution in [2.75, 3.05) is 5.73 Å². The van der Waals surface area contributed by atoms with Crippen LogP contribution >= 0.6 is 11.6 Å². The number of hydrogen-bond acceptors (Lipinski definition) is 3. The number of aryl methyl sites for hydroxylation is 1.